The Morgan fingerprint density at radius 3 is 2.65 bits per heavy atom. The van der Waals surface area contributed by atoms with Crippen molar-refractivity contribution in [2.75, 3.05) is 6.54 Å². The third-order valence-electron chi connectivity index (χ3n) is 2.42. The van der Waals surface area contributed by atoms with E-state index in [1.807, 2.05) is 0 Å². The van der Waals surface area contributed by atoms with Crippen LogP contribution in [0.3, 0.4) is 0 Å². The van der Waals surface area contributed by atoms with E-state index in [2.05, 4.69) is 49.5 Å². The van der Waals surface area contributed by atoms with Crippen LogP contribution in [0.4, 0.5) is 0 Å². The van der Waals surface area contributed by atoms with Gasteiger partial charge in [-0.1, -0.05) is 13.8 Å². The summed E-state index contributed by atoms with van der Waals surface area (Å²) in [7, 11) is 0. The van der Waals surface area contributed by atoms with Gasteiger partial charge < -0.3 is 5.32 Å². The fraction of sp³-hybridized carbons (Fsp3) is 0.583. The maximum absolute atomic E-state index is 5.42. The fourth-order valence-corrected chi connectivity index (χ4v) is 2.32. The average molecular weight is 254 g/mol. The Balaban J connectivity index is 2.54. The maximum Gasteiger partial charge on any atom is 0.206 e. The van der Waals surface area contributed by atoms with Crippen LogP contribution < -0.4 is 16.6 Å². The van der Waals surface area contributed by atoms with E-state index < -0.39 is 0 Å². The lowest BCUT2D eigenvalue weighted by atomic mass is 10.2. The zero-order valence-electron chi connectivity index (χ0n) is 11.0. The van der Waals surface area contributed by atoms with Crippen LogP contribution in [0.25, 0.3) is 0 Å². The van der Waals surface area contributed by atoms with Crippen molar-refractivity contribution in [2.45, 2.75) is 34.2 Å². The minimum atomic E-state index is 0.569. The third-order valence-corrected chi connectivity index (χ3v) is 3.56. The summed E-state index contributed by atoms with van der Waals surface area (Å²) in [4.78, 5) is 7.04. The quantitative estimate of drug-likeness (QED) is 0.333. The second-order valence-electron chi connectivity index (χ2n) is 4.54. The van der Waals surface area contributed by atoms with Crippen LogP contribution in [0.2, 0.25) is 0 Å². The molecule has 0 amide bonds. The Hall–Kier alpha value is -1.07. The highest BCUT2D eigenvalue weighted by molar-refractivity contribution is 7.12. The van der Waals surface area contributed by atoms with E-state index in [0.29, 0.717) is 18.4 Å². The van der Waals surface area contributed by atoms with Crippen molar-refractivity contribution < 1.29 is 0 Å². The second kappa shape index (κ2) is 6.61. The summed E-state index contributed by atoms with van der Waals surface area (Å²) in [5.41, 5.74) is 3.92. The predicted molar refractivity (Wildman–Crippen MR) is 75.1 cm³/mol. The van der Waals surface area contributed by atoms with Crippen molar-refractivity contribution in [1.29, 1.82) is 0 Å². The SMILES string of the molecule is Cc1cc(CN=C(NN)NCC(C)C)sc1C. The lowest BCUT2D eigenvalue weighted by Crippen LogP contribution is -2.42. The normalized spacial score (nSPS) is 12.0. The first kappa shape index (κ1) is 14.0. The maximum atomic E-state index is 5.42. The monoisotopic (exact) mass is 254 g/mol. The molecule has 1 rings (SSSR count). The van der Waals surface area contributed by atoms with Gasteiger partial charge in [0.05, 0.1) is 6.54 Å². The standard InChI is InChI=1S/C12H22N4S/c1-8(2)6-14-12(16-13)15-7-11-5-9(3)10(4)17-11/h5,8H,6-7,13H2,1-4H3,(H2,14,15,16). The number of thiophene rings is 1. The summed E-state index contributed by atoms with van der Waals surface area (Å²) >= 11 is 1.79. The van der Waals surface area contributed by atoms with Crippen molar-refractivity contribution in [2.24, 2.45) is 16.8 Å². The summed E-state index contributed by atoms with van der Waals surface area (Å²) in [6.45, 7) is 10.1. The van der Waals surface area contributed by atoms with Gasteiger partial charge >= 0.3 is 0 Å². The number of hydrazine groups is 1. The summed E-state index contributed by atoms with van der Waals surface area (Å²) in [5.74, 6) is 6.64. The molecule has 0 radical (unpaired) electrons. The molecule has 4 N–H and O–H groups in total. The first-order valence-corrected chi connectivity index (χ1v) is 6.65. The van der Waals surface area contributed by atoms with Crippen molar-refractivity contribution in [1.82, 2.24) is 10.7 Å². The molecule has 0 atom stereocenters. The van der Waals surface area contributed by atoms with Gasteiger partial charge in [0.1, 0.15) is 0 Å². The highest BCUT2D eigenvalue weighted by atomic mass is 32.1. The van der Waals surface area contributed by atoms with Gasteiger partial charge in [-0.15, -0.1) is 11.3 Å². The molecule has 0 unspecified atom stereocenters. The topological polar surface area (TPSA) is 62.4 Å². The van der Waals surface area contributed by atoms with E-state index in [-0.39, 0.29) is 0 Å². The predicted octanol–water partition coefficient (Wildman–Crippen LogP) is 1.93. The van der Waals surface area contributed by atoms with Crippen LogP contribution in [-0.2, 0) is 6.54 Å². The van der Waals surface area contributed by atoms with Crippen LogP contribution in [0.1, 0.15) is 29.2 Å². The van der Waals surface area contributed by atoms with E-state index in [9.17, 15) is 0 Å². The molecule has 0 aliphatic rings. The molecule has 1 heterocycles. The van der Waals surface area contributed by atoms with E-state index in [1.165, 1.54) is 15.3 Å². The van der Waals surface area contributed by atoms with E-state index >= 15 is 0 Å². The Kier molecular flexibility index (Phi) is 5.44. The number of nitrogens with two attached hydrogens (primary N) is 1. The Morgan fingerprint density at radius 1 is 1.47 bits per heavy atom. The molecule has 96 valence electrons. The minimum absolute atomic E-state index is 0.569. The summed E-state index contributed by atoms with van der Waals surface area (Å²) in [6.07, 6.45) is 0. The van der Waals surface area contributed by atoms with Crippen LogP contribution in [-0.4, -0.2) is 12.5 Å². The number of aliphatic imine (C=N–C) groups is 1. The second-order valence-corrected chi connectivity index (χ2v) is 5.88. The molecule has 0 spiro atoms. The van der Waals surface area contributed by atoms with Gasteiger partial charge in [0, 0.05) is 16.3 Å². The molecular formula is C12H22N4S. The van der Waals surface area contributed by atoms with Crippen molar-refractivity contribution >= 4 is 17.3 Å². The van der Waals surface area contributed by atoms with Crippen LogP contribution in [0.15, 0.2) is 11.1 Å². The van der Waals surface area contributed by atoms with Gasteiger partial charge in [-0.25, -0.2) is 10.8 Å². The first-order chi connectivity index (χ1) is 8.02. The number of nitrogens with one attached hydrogen (secondary N) is 2. The first-order valence-electron chi connectivity index (χ1n) is 5.83. The third kappa shape index (κ3) is 4.75. The van der Waals surface area contributed by atoms with E-state index in [1.54, 1.807) is 11.3 Å². The van der Waals surface area contributed by atoms with Gasteiger partial charge in [-0.3, -0.25) is 5.43 Å². The Bertz CT molecular complexity index is 362. The number of aryl methyl sites for hydroxylation is 2. The van der Waals surface area contributed by atoms with E-state index in [4.69, 9.17) is 5.84 Å². The molecule has 4 nitrogen and oxygen atoms in total. The van der Waals surface area contributed by atoms with E-state index in [0.717, 1.165) is 6.54 Å². The molecule has 1 aromatic heterocycles. The average Bonchev–Trinajstić information content (AvgIpc) is 2.58. The molecular weight excluding hydrogens is 232 g/mol. The molecule has 0 fully saturated rings. The van der Waals surface area contributed by atoms with Crippen molar-refractivity contribution in [3.05, 3.63) is 21.4 Å². The largest absolute Gasteiger partial charge is 0.355 e. The smallest absolute Gasteiger partial charge is 0.206 e. The fourth-order valence-electron chi connectivity index (χ4n) is 1.34. The van der Waals surface area contributed by atoms with Gasteiger partial charge in [0.15, 0.2) is 0 Å². The van der Waals surface area contributed by atoms with Crippen LogP contribution in [0.5, 0.6) is 0 Å². The lowest BCUT2D eigenvalue weighted by Gasteiger charge is -2.10. The molecule has 5 heteroatoms. The Morgan fingerprint density at radius 2 is 2.18 bits per heavy atom. The molecule has 0 aliphatic carbocycles. The molecule has 0 aliphatic heterocycles. The summed E-state index contributed by atoms with van der Waals surface area (Å²) in [5, 5.41) is 3.18. The van der Waals surface area contributed by atoms with Gasteiger partial charge in [-0.2, -0.15) is 0 Å². The van der Waals surface area contributed by atoms with Crippen molar-refractivity contribution in [3.8, 4) is 0 Å². The zero-order chi connectivity index (χ0) is 12.8. The van der Waals surface area contributed by atoms with Crippen LogP contribution in [0, 0.1) is 19.8 Å². The molecule has 0 aromatic carbocycles. The number of hydrogen-bond donors (Lipinski definition) is 3. The number of rotatable bonds is 4. The van der Waals surface area contributed by atoms with Crippen LogP contribution >= 0.6 is 11.3 Å². The highest BCUT2D eigenvalue weighted by Crippen LogP contribution is 2.20. The number of nitrogens with zero attached hydrogens (tertiary/aromatic N) is 1. The molecule has 1 aromatic rings. The van der Waals surface area contributed by atoms with Gasteiger partial charge in [0.2, 0.25) is 5.96 Å². The number of hydrogen-bond acceptors (Lipinski definition) is 3. The highest BCUT2D eigenvalue weighted by Gasteiger charge is 2.02. The molecule has 0 saturated heterocycles. The summed E-state index contributed by atoms with van der Waals surface area (Å²) < 4.78 is 0. The summed E-state index contributed by atoms with van der Waals surface area (Å²) in [6, 6.07) is 2.18. The lowest BCUT2D eigenvalue weighted by molar-refractivity contribution is 0.615. The molecule has 17 heavy (non-hydrogen) atoms. The van der Waals surface area contributed by atoms with Crippen molar-refractivity contribution in [3.63, 3.8) is 0 Å². The Labute approximate surface area is 107 Å². The number of guanidine groups is 1. The minimum Gasteiger partial charge on any atom is -0.355 e. The van der Waals surface area contributed by atoms with Gasteiger partial charge in [-0.05, 0) is 31.4 Å². The molecule has 0 saturated carbocycles. The zero-order valence-corrected chi connectivity index (χ0v) is 11.8. The molecule has 0 bridgehead atoms. The van der Waals surface area contributed by atoms with Gasteiger partial charge in [0.25, 0.3) is 0 Å².